The van der Waals surface area contributed by atoms with Crippen LogP contribution >= 0.6 is 0 Å². The van der Waals surface area contributed by atoms with Crippen molar-refractivity contribution in [2.45, 2.75) is 105 Å². The molecule has 0 amide bonds. The summed E-state index contributed by atoms with van der Waals surface area (Å²) in [5.74, 6) is 1.69. The molecule has 0 aliphatic rings. The van der Waals surface area contributed by atoms with Gasteiger partial charge in [0.25, 0.3) is 0 Å². The fourth-order valence-corrected chi connectivity index (χ4v) is 2.13. The minimum absolute atomic E-state index is 0. The number of hydrogen-bond donors (Lipinski definition) is 0. The van der Waals surface area contributed by atoms with E-state index in [-0.39, 0.29) is 19.5 Å². The molecule has 0 aromatic carbocycles. The molecule has 2 atom stereocenters. The zero-order valence-electron chi connectivity index (χ0n) is 15.8. The van der Waals surface area contributed by atoms with Gasteiger partial charge in [0.1, 0.15) is 0 Å². The maximum Gasteiger partial charge on any atom is 2.00 e. The van der Waals surface area contributed by atoms with Gasteiger partial charge in [-0.2, -0.15) is 12.8 Å². The second-order valence-electron chi connectivity index (χ2n) is 6.49. The third kappa shape index (κ3) is 25.9. The quantitative estimate of drug-likeness (QED) is 0.193. The average molecular weight is 348 g/mol. The second kappa shape index (κ2) is 22.9. The van der Waals surface area contributed by atoms with Crippen molar-refractivity contribution in [2.24, 2.45) is 11.8 Å². The van der Waals surface area contributed by atoms with Crippen molar-refractivity contribution in [2.75, 3.05) is 0 Å². The van der Waals surface area contributed by atoms with E-state index in [0.717, 1.165) is 24.7 Å². The predicted octanol–water partition coefficient (Wildman–Crippen LogP) is 7.63. The van der Waals surface area contributed by atoms with Crippen LogP contribution in [0.5, 0.6) is 0 Å². The van der Waals surface area contributed by atoms with Gasteiger partial charge in [0, 0.05) is 0 Å². The predicted molar refractivity (Wildman–Crippen MR) is 95.8 cm³/mol. The monoisotopic (exact) mass is 346 g/mol. The maximum atomic E-state index is 3.88. The van der Waals surface area contributed by atoms with Crippen molar-refractivity contribution < 1.29 is 19.5 Å². The molecule has 0 aromatic heterocycles. The Balaban J connectivity index is -0.000000295. The van der Waals surface area contributed by atoms with Crippen LogP contribution in [0.15, 0.2) is 0 Å². The fourth-order valence-electron chi connectivity index (χ4n) is 2.13. The summed E-state index contributed by atoms with van der Waals surface area (Å²) in [6, 6.07) is 0. The van der Waals surface area contributed by atoms with E-state index >= 15 is 0 Å². The van der Waals surface area contributed by atoms with Crippen molar-refractivity contribution >= 4 is 0 Å². The van der Waals surface area contributed by atoms with Crippen molar-refractivity contribution in [3.8, 4) is 0 Å². The van der Waals surface area contributed by atoms with Gasteiger partial charge in [0.2, 0.25) is 0 Å². The first-order valence-electron chi connectivity index (χ1n) is 9.20. The Hall–Kier alpha value is 0.623. The summed E-state index contributed by atoms with van der Waals surface area (Å²) < 4.78 is 0. The SMILES string of the molecule is [CH2-]CC(C)CCCCCC.[CH2-]CC(C)CCCCCC.[Zn+2]. The fraction of sp³-hybridized carbons (Fsp3) is 0.900. The molecule has 124 valence electrons. The number of unbranched alkanes of at least 4 members (excludes halogenated alkanes) is 6. The Bertz CT molecular complexity index is 138. The first kappa shape index (κ1) is 26.5. The topological polar surface area (TPSA) is 0 Å². The summed E-state index contributed by atoms with van der Waals surface area (Å²) >= 11 is 0. The molecule has 0 N–H and O–H groups in total. The molecule has 0 radical (unpaired) electrons. The van der Waals surface area contributed by atoms with E-state index in [1.165, 1.54) is 64.2 Å². The molecular formula is C20H42Zn. The molecule has 1 heteroatoms. The van der Waals surface area contributed by atoms with E-state index in [0.29, 0.717) is 0 Å². The molecular weight excluding hydrogens is 306 g/mol. The van der Waals surface area contributed by atoms with E-state index in [4.69, 9.17) is 0 Å². The molecule has 0 aliphatic carbocycles. The minimum Gasteiger partial charge on any atom is -0.343 e. The Kier molecular flexibility index (Phi) is 28.9. The summed E-state index contributed by atoms with van der Waals surface area (Å²) in [5, 5.41) is 0. The summed E-state index contributed by atoms with van der Waals surface area (Å²) in [7, 11) is 0. The Morgan fingerprint density at radius 2 is 0.952 bits per heavy atom. The van der Waals surface area contributed by atoms with Gasteiger partial charge in [-0.25, -0.2) is 0 Å². The van der Waals surface area contributed by atoms with E-state index in [2.05, 4.69) is 41.5 Å². The summed E-state index contributed by atoms with van der Waals surface area (Å²) in [4.78, 5) is 0. The van der Waals surface area contributed by atoms with Gasteiger partial charge in [0.15, 0.2) is 0 Å². The first-order valence-corrected chi connectivity index (χ1v) is 9.20. The maximum absolute atomic E-state index is 3.88. The Morgan fingerprint density at radius 3 is 1.19 bits per heavy atom. The van der Waals surface area contributed by atoms with Crippen LogP contribution in [0.2, 0.25) is 0 Å². The summed E-state index contributed by atoms with van der Waals surface area (Å²) in [6.45, 7) is 16.9. The van der Waals surface area contributed by atoms with Crippen LogP contribution in [0.1, 0.15) is 105 Å². The van der Waals surface area contributed by atoms with Gasteiger partial charge in [0.05, 0.1) is 0 Å². The molecule has 0 aliphatic heterocycles. The van der Waals surface area contributed by atoms with Crippen LogP contribution < -0.4 is 0 Å². The minimum atomic E-state index is 0. The zero-order valence-corrected chi connectivity index (χ0v) is 18.7. The Labute approximate surface area is 150 Å². The normalized spacial score (nSPS) is 12.9. The van der Waals surface area contributed by atoms with Gasteiger partial charge in [-0.15, -0.1) is 0 Å². The van der Waals surface area contributed by atoms with Crippen molar-refractivity contribution in [3.63, 3.8) is 0 Å². The van der Waals surface area contributed by atoms with E-state index in [1.807, 2.05) is 0 Å². The molecule has 21 heavy (non-hydrogen) atoms. The van der Waals surface area contributed by atoms with Crippen LogP contribution in [0, 0.1) is 25.7 Å². The third-order valence-electron chi connectivity index (χ3n) is 4.09. The van der Waals surface area contributed by atoms with Gasteiger partial charge < -0.3 is 13.8 Å². The Morgan fingerprint density at radius 1 is 0.619 bits per heavy atom. The second-order valence-corrected chi connectivity index (χ2v) is 6.49. The summed E-state index contributed by atoms with van der Waals surface area (Å²) in [6.07, 6.45) is 16.1. The molecule has 0 bridgehead atoms. The van der Waals surface area contributed by atoms with Gasteiger partial charge >= 0.3 is 19.5 Å². The van der Waals surface area contributed by atoms with Crippen LogP contribution in [0.3, 0.4) is 0 Å². The molecule has 2 unspecified atom stereocenters. The average Bonchev–Trinajstić information content (AvgIpc) is 2.48. The van der Waals surface area contributed by atoms with Crippen LogP contribution in [-0.4, -0.2) is 0 Å². The molecule has 0 heterocycles. The number of hydrogen-bond acceptors (Lipinski definition) is 0. The number of rotatable bonds is 12. The van der Waals surface area contributed by atoms with Gasteiger partial charge in [-0.05, 0) is 0 Å². The van der Waals surface area contributed by atoms with Gasteiger partial charge in [-0.1, -0.05) is 104 Å². The zero-order chi connectivity index (χ0) is 15.6. The van der Waals surface area contributed by atoms with Crippen LogP contribution in [-0.2, 0) is 19.5 Å². The summed E-state index contributed by atoms with van der Waals surface area (Å²) in [5.41, 5.74) is 0. The van der Waals surface area contributed by atoms with Crippen molar-refractivity contribution in [3.05, 3.63) is 13.8 Å². The van der Waals surface area contributed by atoms with Crippen LogP contribution in [0.25, 0.3) is 0 Å². The van der Waals surface area contributed by atoms with Crippen LogP contribution in [0.4, 0.5) is 0 Å². The molecule has 0 rings (SSSR count). The molecule has 0 saturated carbocycles. The molecule has 0 spiro atoms. The van der Waals surface area contributed by atoms with E-state index < -0.39 is 0 Å². The third-order valence-corrected chi connectivity index (χ3v) is 4.09. The standard InChI is InChI=1S/2C10H21.Zn/c2*1-4-6-7-8-9-10(3)5-2;/h2*10H,2,4-9H2,1,3H3;/q2*-1;+2. The molecule has 0 aromatic rings. The largest absolute Gasteiger partial charge is 2.00 e. The molecule has 0 saturated heterocycles. The van der Waals surface area contributed by atoms with Crippen molar-refractivity contribution in [1.82, 2.24) is 0 Å². The molecule has 0 nitrogen and oxygen atoms in total. The van der Waals surface area contributed by atoms with Crippen molar-refractivity contribution in [1.29, 1.82) is 0 Å². The first-order chi connectivity index (χ1) is 9.62. The smallest absolute Gasteiger partial charge is 0.343 e. The van der Waals surface area contributed by atoms with Gasteiger partial charge in [-0.3, -0.25) is 0 Å². The molecule has 0 fully saturated rings. The van der Waals surface area contributed by atoms with E-state index in [9.17, 15) is 0 Å². The van der Waals surface area contributed by atoms with E-state index in [1.54, 1.807) is 0 Å².